The minimum absolute atomic E-state index is 0.000488. The SMILES string of the molecule is CC(C)CN(CCC#N)C(=O)CC(C)CC(=O)O. The lowest BCUT2D eigenvalue weighted by atomic mass is 10.0. The van der Waals surface area contributed by atoms with Crippen molar-refractivity contribution in [2.24, 2.45) is 11.8 Å². The molecule has 102 valence electrons. The van der Waals surface area contributed by atoms with Gasteiger partial charge in [0.15, 0.2) is 0 Å². The molecule has 0 bridgehead atoms. The van der Waals surface area contributed by atoms with Gasteiger partial charge in [-0.3, -0.25) is 9.59 Å². The summed E-state index contributed by atoms with van der Waals surface area (Å²) >= 11 is 0. The summed E-state index contributed by atoms with van der Waals surface area (Å²) in [5.74, 6) is -0.787. The number of rotatable bonds is 8. The van der Waals surface area contributed by atoms with Crippen LogP contribution in [0.4, 0.5) is 0 Å². The molecule has 5 heteroatoms. The van der Waals surface area contributed by atoms with E-state index < -0.39 is 5.97 Å². The molecule has 0 saturated carbocycles. The third-order valence-electron chi connectivity index (χ3n) is 2.48. The highest BCUT2D eigenvalue weighted by Gasteiger charge is 2.18. The molecule has 5 nitrogen and oxygen atoms in total. The van der Waals surface area contributed by atoms with E-state index in [1.54, 1.807) is 11.8 Å². The van der Waals surface area contributed by atoms with Crippen LogP contribution in [-0.4, -0.2) is 35.0 Å². The van der Waals surface area contributed by atoms with Gasteiger partial charge in [0.1, 0.15) is 0 Å². The van der Waals surface area contributed by atoms with Gasteiger partial charge in [-0.15, -0.1) is 0 Å². The van der Waals surface area contributed by atoms with E-state index in [1.807, 2.05) is 19.9 Å². The molecule has 0 rings (SSSR count). The van der Waals surface area contributed by atoms with E-state index >= 15 is 0 Å². The zero-order valence-electron chi connectivity index (χ0n) is 11.3. The highest BCUT2D eigenvalue weighted by atomic mass is 16.4. The summed E-state index contributed by atoms with van der Waals surface area (Å²) in [5.41, 5.74) is 0. The minimum atomic E-state index is -0.886. The average Bonchev–Trinajstić information content (AvgIpc) is 2.22. The van der Waals surface area contributed by atoms with Crippen LogP contribution in [0.3, 0.4) is 0 Å². The van der Waals surface area contributed by atoms with Crippen molar-refractivity contribution in [1.29, 1.82) is 5.26 Å². The smallest absolute Gasteiger partial charge is 0.303 e. The van der Waals surface area contributed by atoms with Crippen molar-refractivity contribution in [3.63, 3.8) is 0 Å². The Morgan fingerprint density at radius 3 is 2.33 bits per heavy atom. The average molecular weight is 254 g/mol. The molecular formula is C13H22N2O3. The first-order valence-corrected chi connectivity index (χ1v) is 6.23. The van der Waals surface area contributed by atoms with Crippen molar-refractivity contribution in [1.82, 2.24) is 4.90 Å². The predicted molar refractivity (Wildman–Crippen MR) is 67.7 cm³/mol. The molecule has 1 atom stereocenters. The van der Waals surface area contributed by atoms with Crippen LogP contribution < -0.4 is 0 Å². The Morgan fingerprint density at radius 1 is 1.28 bits per heavy atom. The second-order valence-corrected chi connectivity index (χ2v) is 5.05. The molecule has 0 saturated heterocycles. The molecule has 0 spiro atoms. The van der Waals surface area contributed by atoms with E-state index in [1.165, 1.54) is 0 Å². The van der Waals surface area contributed by atoms with E-state index in [-0.39, 0.29) is 24.7 Å². The van der Waals surface area contributed by atoms with Gasteiger partial charge in [0.2, 0.25) is 5.91 Å². The number of amides is 1. The summed E-state index contributed by atoms with van der Waals surface area (Å²) in [6.45, 7) is 6.80. The van der Waals surface area contributed by atoms with Crippen LogP contribution in [0.15, 0.2) is 0 Å². The number of hydrogen-bond acceptors (Lipinski definition) is 3. The monoisotopic (exact) mass is 254 g/mol. The summed E-state index contributed by atoms with van der Waals surface area (Å²) < 4.78 is 0. The predicted octanol–water partition coefficient (Wildman–Crippen LogP) is 1.89. The standard InChI is InChI=1S/C13H22N2O3/c1-10(2)9-15(6-4-5-14)12(16)7-11(3)8-13(17)18/h10-11H,4,6-9H2,1-3H3,(H,17,18). The second-order valence-electron chi connectivity index (χ2n) is 5.05. The van der Waals surface area contributed by atoms with E-state index in [2.05, 4.69) is 0 Å². The molecule has 0 aromatic heterocycles. The molecule has 1 unspecified atom stereocenters. The molecule has 0 aromatic rings. The van der Waals surface area contributed by atoms with Crippen LogP contribution in [0, 0.1) is 23.2 Å². The van der Waals surface area contributed by atoms with Crippen molar-refractivity contribution in [2.45, 2.75) is 40.0 Å². The molecule has 1 N–H and O–H groups in total. The van der Waals surface area contributed by atoms with Crippen molar-refractivity contribution in [3.05, 3.63) is 0 Å². The van der Waals surface area contributed by atoms with Crippen LogP contribution in [0.1, 0.15) is 40.0 Å². The molecule has 0 aliphatic heterocycles. The number of hydrogen-bond donors (Lipinski definition) is 1. The summed E-state index contributed by atoms with van der Waals surface area (Å²) in [6, 6.07) is 2.02. The summed E-state index contributed by atoms with van der Waals surface area (Å²) in [4.78, 5) is 24.2. The topological polar surface area (TPSA) is 81.4 Å². The van der Waals surface area contributed by atoms with Crippen LogP contribution in [-0.2, 0) is 9.59 Å². The van der Waals surface area contributed by atoms with Gasteiger partial charge in [-0.2, -0.15) is 5.26 Å². The first-order chi connectivity index (χ1) is 8.36. The lowest BCUT2D eigenvalue weighted by Crippen LogP contribution is -2.36. The summed E-state index contributed by atoms with van der Waals surface area (Å²) in [5, 5.41) is 17.2. The quantitative estimate of drug-likeness (QED) is 0.717. The Hall–Kier alpha value is -1.57. The highest BCUT2D eigenvalue weighted by molar-refractivity contribution is 5.77. The molecule has 1 amide bonds. The maximum absolute atomic E-state index is 12.0. The first kappa shape index (κ1) is 16.4. The third kappa shape index (κ3) is 7.66. The molecule has 0 aliphatic rings. The summed E-state index contributed by atoms with van der Waals surface area (Å²) in [6.07, 6.45) is 0.537. The Bertz CT molecular complexity index is 321. The normalized spacial score (nSPS) is 11.9. The maximum atomic E-state index is 12.0. The molecule has 0 radical (unpaired) electrons. The fraction of sp³-hybridized carbons (Fsp3) is 0.769. The van der Waals surface area contributed by atoms with Crippen LogP contribution in [0.5, 0.6) is 0 Å². The van der Waals surface area contributed by atoms with Crippen molar-refractivity contribution < 1.29 is 14.7 Å². The third-order valence-corrected chi connectivity index (χ3v) is 2.48. The molecule has 0 fully saturated rings. The molecule has 0 heterocycles. The molecule has 18 heavy (non-hydrogen) atoms. The van der Waals surface area contributed by atoms with Gasteiger partial charge in [-0.1, -0.05) is 20.8 Å². The van der Waals surface area contributed by atoms with Gasteiger partial charge in [-0.25, -0.2) is 0 Å². The first-order valence-electron chi connectivity index (χ1n) is 6.23. The van der Waals surface area contributed by atoms with Gasteiger partial charge in [0.25, 0.3) is 0 Å². The maximum Gasteiger partial charge on any atom is 0.303 e. The van der Waals surface area contributed by atoms with Crippen LogP contribution in [0.25, 0.3) is 0 Å². The van der Waals surface area contributed by atoms with E-state index in [9.17, 15) is 9.59 Å². The molecular weight excluding hydrogens is 232 g/mol. The van der Waals surface area contributed by atoms with Gasteiger partial charge in [0.05, 0.1) is 12.5 Å². The zero-order valence-corrected chi connectivity index (χ0v) is 11.3. The van der Waals surface area contributed by atoms with Gasteiger partial charge >= 0.3 is 5.97 Å². The number of nitrogens with zero attached hydrogens (tertiary/aromatic N) is 2. The van der Waals surface area contributed by atoms with Crippen LogP contribution in [0.2, 0.25) is 0 Å². The van der Waals surface area contributed by atoms with Crippen molar-refractivity contribution in [3.8, 4) is 6.07 Å². The van der Waals surface area contributed by atoms with E-state index in [0.29, 0.717) is 25.4 Å². The Labute approximate surface area is 108 Å². The number of carbonyl (C=O) groups excluding carboxylic acids is 1. The number of carboxylic acid groups (broad SMARTS) is 1. The summed E-state index contributed by atoms with van der Waals surface area (Å²) in [7, 11) is 0. The fourth-order valence-corrected chi connectivity index (χ4v) is 1.74. The molecule has 0 aromatic carbocycles. The van der Waals surface area contributed by atoms with Crippen LogP contribution >= 0.6 is 0 Å². The van der Waals surface area contributed by atoms with Gasteiger partial charge in [-0.05, 0) is 11.8 Å². The van der Waals surface area contributed by atoms with E-state index in [4.69, 9.17) is 10.4 Å². The number of nitriles is 1. The lowest BCUT2D eigenvalue weighted by molar-refractivity contribution is -0.138. The molecule has 0 aliphatic carbocycles. The number of carbonyl (C=O) groups is 2. The van der Waals surface area contributed by atoms with Crippen molar-refractivity contribution >= 4 is 11.9 Å². The Kier molecular flexibility index (Phi) is 7.77. The van der Waals surface area contributed by atoms with Crippen molar-refractivity contribution in [2.75, 3.05) is 13.1 Å². The number of carboxylic acids is 1. The number of aliphatic carboxylic acids is 1. The van der Waals surface area contributed by atoms with Gasteiger partial charge in [0, 0.05) is 25.9 Å². The highest BCUT2D eigenvalue weighted by Crippen LogP contribution is 2.11. The van der Waals surface area contributed by atoms with E-state index in [0.717, 1.165) is 0 Å². The van der Waals surface area contributed by atoms with Gasteiger partial charge < -0.3 is 10.0 Å². The zero-order chi connectivity index (χ0) is 14.1. The Morgan fingerprint density at radius 2 is 1.89 bits per heavy atom. The Balaban J connectivity index is 4.36. The fourth-order valence-electron chi connectivity index (χ4n) is 1.74. The second kappa shape index (κ2) is 8.51. The lowest BCUT2D eigenvalue weighted by Gasteiger charge is -2.24. The minimum Gasteiger partial charge on any atom is -0.481 e. The largest absolute Gasteiger partial charge is 0.481 e.